The monoisotopic (exact) mass is 437 g/mol. The summed E-state index contributed by atoms with van der Waals surface area (Å²) < 4.78 is 11.0. The number of anilines is 1. The van der Waals surface area contributed by atoms with Crippen molar-refractivity contribution in [3.8, 4) is 11.3 Å². The van der Waals surface area contributed by atoms with Crippen LogP contribution >= 0.6 is 23.2 Å². The number of nitrogens with one attached hydrogen (secondary N) is 1. The highest BCUT2D eigenvalue weighted by Gasteiger charge is 2.32. The number of aryl methyl sites for hydroxylation is 2. The number of ether oxygens (including phenoxy) is 2. The molecule has 2 heterocycles. The van der Waals surface area contributed by atoms with Crippen molar-refractivity contribution in [2.24, 2.45) is 0 Å². The van der Waals surface area contributed by atoms with E-state index in [1.165, 1.54) is 0 Å². The molecule has 1 aromatic heterocycles. The Labute approximate surface area is 180 Å². The lowest BCUT2D eigenvalue weighted by Gasteiger charge is -2.22. The minimum absolute atomic E-state index is 0.167. The molecule has 2 atom stereocenters. The van der Waals surface area contributed by atoms with Crippen molar-refractivity contribution in [3.05, 3.63) is 39.6 Å². The smallest absolute Gasteiger partial charge is 0.305 e. The maximum Gasteiger partial charge on any atom is 0.305 e. The molecule has 0 amide bonds. The normalized spacial score (nSPS) is 18.7. The number of rotatable bonds is 7. The number of nitrogens with zero attached hydrogens (tertiary/aromatic N) is 2. The third-order valence-electron chi connectivity index (χ3n) is 4.82. The fourth-order valence-corrected chi connectivity index (χ4v) is 3.72. The predicted molar refractivity (Wildman–Crippen MR) is 115 cm³/mol. The van der Waals surface area contributed by atoms with Gasteiger partial charge in [-0.2, -0.15) is 0 Å². The average molecular weight is 438 g/mol. The molecule has 0 saturated carbocycles. The lowest BCUT2D eigenvalue weighted by Crippen LogP contribution is -2.36. The van der Waals surface area contributed by atoms with Gasteiger partial charge in [0.15, 0.2) is 0 Å². The first-order valence-corrected chi connectivity index (χ1v) is 10.6. The van der Waals surface area contributed by atoms with Gasteiger partial charge in [0.05, 0.1) is 41.4 Å². The molecule has 3 rings (SSSR count). The number of halogens is 2. The summed E-state index contributed by atoms with van der Waals surface area (Å²) in [6.45, 7) is 6.64. The maximum absolute atomic E-state index is 11.7. The van der Waals surface area contributed by atoms with Crippen molar-refractivity contribution >= 4 is 35.0 Å². The quantitative estimate of drug-likeness (QED) is 0.632. The lowest BCUT2D eigenvalue weighted by molar-refractivity contribution is -0.148. The van der Waals surface area contributed by atoms with Crippen LogP contribution in [-0.4, -0.2) is 41.3 Å². The van der Waals surface area contributed by atoms with E-state index in [2.05, 4.69) is 5.32 Å². The molecule has 2 aromatic rings. The van der Waals surface area contributed by atoms with Crippen LogP contribution < -0.4 is 5.32 Å². The highest BCUT2D eigenvalue weighted by molar-refractivity contribution is 6.36. The first kappa shape index (κ1) is 21.8. The Morgan fingerprint density at radius 3 is 2.59 bits per heavy atom. The predicted octanol–water partition coefficient (Wildman–Crippen LogP) is 4.71. The second kappa shape index (κ2) is 9.74. The van der Waals surface area contributed by atoms with E-state index in [9.17, 15) is 4.79 Å². The first-order chi connectivity index (χ1) is 14.0. The zero-order valence-corrected chi connectivity index (χ0v) is 18.3. The molecule has 156 valence electrons. The molecule has 1 N–H and O–H groups in total. The zero-order chi connectivity index (χ0) is 21.0. The number of benzene rings is 1. The summed E-state index contributed by atoms with van der Waals surface area (Å²) in [5.74, 6) is 0.447. The largest absolute Gasteiger partial charge is 0.458 e. The summed E-state index contributed by atoms with van der Waals surface area (Å²) >= 11 is 12.5. The standard InChI is InChI=1S/C21H25Cl2N3O3/c1-4-15-20(13-8-7-12(22)9-14(13)23)24-16(5-2)21(25-15)26-17-10-28-11-18(17)29-19(27)6-3/h7-9,17-18H,4-6,10-11H2,1-3H3,(H,25,26)/t17-,18+/m1/s1. The summed E-state index contributed by atoms with van der Waals surface area (Å²) in [4.78, 5) is 21.4. The number of hydrogen-bond donors (Lipinski definition) is 1. The molecule has 29 heavy (non-hydrogen) atoms. The van der Waals surface area contributed by atoms with E-state index in [1.54, 1.807) is 19.1 Å². The van der Waals surface area contributed by atoms with Gasteiger partial charge in [0, 0.05) is 17.0 Å². The molecule has 1 fully saturated rings. The summed E-state index contributed by atoms with van der Waals surface area (Å²) in [7, 11) is 0. The average Bonchev–Trinajstić information content (AvgIpc) is 3.14. The van der Waals surface area contributed by atoms with Crippen molar-refractivity contribution in [2.45, 2.75) is 52.2 Å². The molecule has 0 aliphatic carbocycles. The molecule has 0 unspecified atom stereocenters. The summed E-state index contributed by atoms with van der Waals surface area (Å²) in [5.41, 5.74) is 3.21. The molecule has 1 aliphatic heterocycles. The minimum atomic E-state index is -0.343. The molecule has 1 saturated heterocycles. The molecule has 1 aromatic carbocycles. The Hall–Kier alpha value is -1.89. The number of hydrogen-bond acceptors (Lipinski definition) is 6. The SMILES string of the molecule is CCC(=O)O[C@H]1COC[C@H]1Nc1nc(CC)c(-c2ccc(Cl)cc2Cl)nc1CC. The Balaban J connectivity index is 1.93. The molecular formula is C21H25Cl2N3O3. The van der Waals surface area contributed by atoms with E-state index in [4.69, 9.17) is 42.6 Å². The first-order valence-electron chi connectivity index (χ1n) is 9.85. The third kappa shape index (κ3) is 5.00. The van der Waals surface area contributed by atoms with E-state index in [1.807, 2.05) is 19.9 Å². The third-order valence-corrected chi connectivity index (χ3v) is 5.37. The van der Waals surface area contributed by atoms with Crippen LogP contribution in [0.25, 0.3) is 11.3 Å². The van der Waals surface area contributed by atoms with Crippen LogP contribution in [0.5, 0.6) is 0 Å². The summed E-state index contributed by atoms with van der Waals surface area (Å²) in [5, 5.41) is 4.51. The van der Waals surface area contributed by atoms with Crippen LogP contribution in [0, 0.1) is 0 Å². The van der Waals surface area contributed by atoms with Gasteiger partial charge in [-0.05, 0) is 31.0 Å². The zero-order valence-electron chi connectivity index (χ0n) is 16.8. The molecule has 0 bridgehead atoms. The molecule has 0 radical (unpaired) electrons. The van der Waals surface area contributed by atoms with Crippen molar-refractivity contribution < 1.29 is 14.3 Å². The number of esters is 1. The Kier molecular flexibility index (Phi) is 7.33. The van der Waals surface area contributed by atoms with Gasteiger partial charge in [-0.1, -0.05) is 44.0 Å². The van der Waals surface area contributed by atoms with Crippen molar-refractivity contribution in [2.75, 3.05) is 18.5 Å². The molecule has 8 heteroatoms. The molecule has 0 spiro atoms. The number of carbonyl (C=O) groups excluding carboxylic acids is 1. The van der Waals surface area contributed by atoms with Crippen LogP contribution in [-0.2, 0) is 27.1 Å². The second-order valence-electron chi connectivity index (χ2n) is 6.82. The maximum atomic E-state index is 11.7. The fraction of sp³-hybridized carbons (Fsp3) is 0.476. The summed E-state index contributed by atoms with van der Waals surface area (Å²) in [6, 6.07) is 5.20. The van der Waals surface area contributed by atoms with Crippen LogP contribution in [0.1, 0.15) is 38.6 Å². The minimum Gasteiger partial charge on any atom is -0.458 e. The van der Waals surface area contributed by atoms with Gasteiger partial charge in [0.25, 0.3) is 0 Å². The van der Waals surface area contributed by atoms with Crippen LogP contribution in [0.15, 0.2) is 18.2 Å². The van der Waals surface area contributed by atoms with E-state index in [0.717, 1.165) is 22.6 Å². The van der Waals surface area contributed by atoms with Gasteiger partial charge >= 0.3 is 5.97 Å². The van der Waals surface area contributed by atoms with Crippen molar-refractivity contribution in [1.29, 1.82) is 0 Å². The molecule has 1 aliphatic rings. The number of aromatic nitrogens is 2. The van der Waals surface area contributed by atoms with E-state index in [-0.39, 0.29) is 18.1 Å². The molecule has 6 nitrogen and oxygen atoms in total. The van der Waals surface area contributed by atoms with Gasteiger partial charge in [-0.15, -0.1) is 0 Å². The van der Waals surface area contributed by atoms with E-state index in [0.29, 0.717) is 48.3 Å². The van der Waals surface area contributed by atoms with E-state index >= 15 is 0 Å². The van der Waals surface area contributed by atoms with Crippen LogP contribution in [0.3, 0.4) is 0 Å². The molecular weight excluding hydrogens is 413 g/mol. The Morgan fingerprint density at radius 2 is 1.93 bits per heavy atom. The van der Waals surface area contributed by atoms with Gasteiger partial charge in [-0.3, -0.25) is 4.79 Å². The topological polar surface area (TPSA) is 73.3 Å². The van der Waals surface area contributed by atoms with Gasteiger partial charge in [0.2, 0.25) is 0 Å². The van der Waals surface area contributed by atoms with Gasteiger partial charge in [0.1, 0.15) is 11.9 Å². The summed E-state index contributed by atoms with van der Waals surface area (Å²) in [6.07, 6.45) is 1.36. The van der Waals surface area contributed by atoms with Gasteiger partial charge < -0.3 is 14.8 Å². The van der Waals surface area contributed by atoms with Crippen LogP contribution in [0.4, 0.5) is 5.82 Å². The van der Waals surface area contributed by atoms with E-state index < -0.39 is 0 Å². The van der Waals surface area contributed by atoms with Crippen molar-refractivity contribution in [3.63, 3.8) is 0 Å². The highest BCUT2D eigenvalue weighted by atomic mass is 35.5. The van der Waals surface area contributed by atoms with Crippen LogP contribution in [0.2, 0.25) is 10.0 Å². The Morgan fingerprint density at radius 1 is 1.17 bits per heavy atom. The van der Waals surface area contributed by atoms with Crippen molar-refractivity contribution in [1.82, 2.24) is 9.97 Å². The fourth-order valence-electron chi connectivity index (χ4n) is 3.22. The second-order valence-corrected chi connectivity index (χ2v) is 7.66. The highest BCUT2D eigenvalue weighted by Crippen LogP contribution is 2.32. The lowest BCUT2D eigenvalue weighted by atomic mass is 10.1. The van der Waals surface area contributed by atoms with Gasteiger partial charge in [-0.25, -0.2) is 9.97 Å². The number of carbonyl (C=O) groups is 1. The Bertz CT molecular complexity index is 892.